The number of guanidine groups is 1. The fourth-order valence-electron chi connectivity index (χ4n) is 4.26. The number of aliphatic imine (C=N–C) groups is 1. The van der Waals surface area contributed by atoms with E-state index < -0.39 is 12.1 Å². The molecule has 3 amide bonds. The van der Waals surface area contributed by atoms with Crippen LogP contribution in [0.15, 0.2) is 53.6 Å². The molecule has 10 nitrogen and oxygen atoms in total. The third-order valence-electron chi connectivity index (χ3n) is 6.44. The smallest absolute Gasteiger partial charge is 0.246 e. The molecule has 0 radical (unpaired) electrons. The van der Waals surface area contributed by atoms with Crippen LogP contribution in [0, 0.1) is 0 Å². The number of nitrogens with zero attached hydrogens (tertiary/aromatic N) is 2. The number of carbonyl (C=O) groups excluding carboxylic acids is 3. The SMILES string of the molecule is CCCCC/C=C/C(=O)N[C@@H](Cc1ccc(O)cc1)C(=O)N[C@H](/C=C/C(=O)N1CCCC1)CCCN=C(N)N. The highest BCUT2D eigenvalue weighted by atomic mass is 16.3. The van der Waals surface area contributed by atoms with Crippen LogP contribution in [0.5, 0.6) is 5.75 Å². The number of nitrogens with two attached hydrogens (primary N) is 2. The highest BCUT2D eigenvalue weighted by Gasteiger charge is 2.23. The van der Waals surface area contributed by atoms with Crippen LogP contribution >= 0.6 is 0 Å². The van der Waals surface area contributed by atoms with Gasteiger partial charge in [-0.05, 0) is 62.3 Å². The number of hydrogen-bond acceptors (Lipinski definition) is 5. The third kappa shape index (κ3) is 13.0. The van der Waals surface area contributed by atoms with E-state index in [0.717, 1.165) is 57.2 Å². The molecule has 1 saturated heterocycles. The van der Waals surface area contributed by atoms with Gasteiger partial charge in [0.05, 0.1) is 0 Å². The molecule has 10 heteroatoms. The van der Waals surface area contributed by atoms with E-state index in [-0.39, 0.29) is 35.9 Å². The third-order valence-corrected chi connectivity index (χ3v) is 6.44. The lowest BCUT2D eigenvalue weighted by atomic mass is 10.0. The molecule has 0 unspecified atom stereocenters. The second-order valence-corrected chi connectivity index (χ2v) is 9.79. The molecule has 0 aliphatic carbocycles. The Bertz CT molecular complexity index is 996. The molecule has 1 fully saturated rings. The number of amides is 3. The first-order valence-electron chi connectivity index (χ1n) is 13.9. The summed E-state index contributed by atoms with van der Waals surface area (Å²) in [5.41, 5.74) is 11.6. The van der Waals surface area contributed by atoms with Crippen LogP contribution in [0.4, 0.5) is 0 Å². The Hall–Kier alpha value is -3.82. The van der Waals surface area contributed by atoms with Crippen molar-refractivity contribution in [3.8, 4) is 5.75 Å². The van der Waals surface area contributed by atoms with Crippen LogP contribution in [0.1, 0.15) is 63.9 Å². The zero-order valence-corrected chi connectivity index (χ0v) is 23.0. The lowest BCUT2D eigenvalue weighted by molar-refractivity contribution is -0.127. The number of phenolic OH excluding ortho intramolecular Hbond substituents is 1. The van der Waals surface area contributed by atoms with Gasteiger partial charge in [-0.15, -0.1) is 0 Å². The molecule has 214 valence electrons. The molecule has 1 aliphatic heterocycles. The molecular formula is C29H44N6O4. The van der Waals surface area contributed by atoms with Crippen molar-refractivity contribution in [3.63, 3.8) is 0 Å². The van der Waals surface area contributed by atoms with E-state index in [1.165, 1.54) is 12.2 Å². The zero-order valence-electron chi connectivity index (χ0n) is 23.0. The summed E-state index contributed by atoms with van der Waals surface area (Å²) in [7, 11) is 0. The van der Waals surface area contributed by atoms with Gasteiger partial charge in [0.25, 0.3) is 0 Å². The summed E-state index contributed by atoms with van der Waals surface area (Å²) in [6.07, 6.45) is 13.8. The number of hydrogen-bond donors (Lipinski definition) is 5. The molecule has 1 aromatic rings. The maximum Gasteiger partial charge on any atom is 0.246 e. The first-order chi connectivity index (χ1) is 18.8. The summed E-state index contributed by atoms with van der Waals surface area (Å²) in [4.78, 5) is 44.4. The summed E-state index contributed by atoms with van der Waals surface area (Å²) in [6, 6.07) is 5.19. The van der Waals surface area contributed by atoms with Crippen LogP contribution in [0.2, 0.25) is 0 Å². The van der Waals surface area contributed by atoms with E-state index in [2.05, 4.69) is 22.5 Å². The second-order valence-electron chi connectivity index (χ2n) is 9.79. The molecule has 1 aliphatic rings. The maximum atomic E-state index is 13.4. The van der Waals surface area contributed by atoms with Gasteiger partial charge in [-0.25, -0.2) is 0 Å². The van der Waals surface area contributed by atoms with Gasteiger partial charge < -0.3 is 32.1 Å². The molecule has 2 atom stereocenters. The summed E-state index contributed by atoms with van der Waals surface area (Å²) in [5.74, 6) is -0.698. The number of unbranched alkanes of at least 4 members (excludes halogenated alkanes) is 3. The van der Waals surface area contributed by atoms with Gasteiger partial charge in [0, 0.05) is 38.2 Å². The largest absolute Gasteiger partial charge is 0.508 e. The van der Waals surface area contributed by atoms with E-state index in [1.54, 1.807) is 35.2 Å². The summed E-state index contributed by atoms with van der Waals surface area (Å²) in [6.45, 7) is 3.97. The van der Waals surface area contributed by atoms with Gasteiger partial charge in [-0.2, -0.15) is 0 Å². The quantitative estimate of drug-likeness (QED) is 0.0934. The minimum Gasteiger partial charge on any atom is -0.508 e. The molecular weight excluding hydrogens is 496 g/mol. The molecule has 1 aromatic carbocycles. The number of allylic oxidation sites excluding steroid dienone is 1. The van der Waals surface area contributed by atoms with Crippen molar-refractivity contribution in [1.82, 2.24) is 15.5 Å². The molecule has 0 saturated carbocycles. The van der Waals surface area contributed by atoms with Crippen LogP contribution in [-0.2, 0) is 20.8 Å². The van der Waals surface area contributed by atoms with E-state index in [1.807, 2.05) is 6.08 Å². The molecule has 2 rings (SSSR count). The maximum absolute atomic E-state index is 13.4. The zero-order chi connectivity index (χ0) is 28.5. The van der Waals surface area contributed by atoms with Gasteiger partial charge >= 0.3 is 0 Å². The van der Waals surface area contributed by atoms with Crippen LogP contribution < -0.4 is 22.1 Å². The predicted octanol–water partition coefficient (Wildman–Crippen LogP) is 2.27. The van der Waals surface area contributed by atoms with Crippen LogP contribution in [-0.4, -0.2) is 65.4 Å². The van der Waals surface area contributed by atoms with E-state index in [9.17, 15) is 19.5 Å². The number of rotatable bonds is 16. The summed E-state index contributed by atoms with van der Waals surface area (Å²) >= 11 is 0. The van der Waals surface area contributed by atoms with Gasteiger partial charge in [0.15, 0.2) is 5.96 Å². The fraction of sp³-hybridized carbons (Fsp3) is 0.517. The number of likely N-dealkylation sites (tertiary alicyclic amines) is 1. The Labute approximate surface area is 231 Å². The Balaban J connectivity index is 2.13. The average molecular weight is 541 g/mol. The lowest BCUT2D eigenvalue weighted by Crippen LogP contribution is -2.50. The molecule has 1 heterocycles. The topological polar surface area (TPSA) is 163 Å². The Kier molecular flexibility index (Phi) is 14.2. The Morgan fingerprint density at radius 1 is 1.05 bits per heavy atom. The van der Waals surface area contributed by atoms with Crippen molar-refractivity contribution in [3.05, 3.63) is 54.1 Å². The minimum atomic E-state index is -0.856. The standard InChI is InChI=1S/C29H44N6O4/c1-2-3-4-5-6-11-26(37)34-25(21-22-12-15-24(36)16-13-22)28(39)33-23(10-9-18-32-29(30)31)14-17-27(38)35-19-7-8-20-35/h6,11-17,23,25,36H,2-5,7-10,18-21H2,1H3,(H,33,39)(H,34,37)(H4,30,31,32)/b11-6+,17-14+/t23-,25-/m0/s1. The van der Waals surface area contributed by atoms with Crippen LogP contribution in [0.25, 0.3) is 0 Å². The first-order valence-corrected chi connectivity index (χ1v) is 13.9. The average Bonchev–Trinajstić information content (AvgIpc) is 3.45. The Morgan fingerprint density at radius 3 is 2.44 bits per heavy atom. The van der Waals surface area contributed by atoms with Crippen LogP contribution in [0.3, 0.4) is 0 Å². The first kappa shape index (κ1) is 31.4. The lowest BCUT2D eigenvalue weighted by Gasteiger charge is -2.22. The molecule has 0 aromatic heterocycles. The van der Waals surface area contributed by atoms with Gasteiger partial charge in [0.1, 0.15) is 11.8 Å². The molecule has 0 spiro atoms. The number of benzene rings is 1. The molecule has 7 N–H and O–H groups in total. The molecule has 0 bridgehead atoms. The highest BCUT2D eigenvalue weighted by molar-refractivity contribution is 5.93. The van der Waals surface area contributed by atoms with E-state index in [4.69, 9.17) is 11.5 Å². The van der Waals surface area contributed by atoms with Crippen molar-refractivity contribution in [2.75, 3.05) is 19.6 Å². The fourth-order valence-corrected chi connectivity index (χ4v) is 4.26. The van der Waals surface area contributed by atoms with Gasteiger partial charge in [0.2, 0.25) is 17.7 Å². The van der Waals surface area contributed by atoms with Crippen molar-refractivity contribution in [2.24, 2.45) is 16.5 Å². The summed E-state index contributed by atoms with van der Waals surface area (Å²) < 4.78 is 0. The normalized spacial score (nSPS) is 14.8. The van der Waals surface area contributed by atoms with E-state index >= 15 is 0 Å². The predicted molar refractivity (Wildman–Crippen MR) is 154 cm³/mol. The number of nitrogens with one attached hydrogen (secondary N) is 2. The monoisotopic (exact) mass is 540 g/mol. The van der Waals surface area contributed by atoms with E-state index in [0.29, 0.717) is 19.4 Å². The molecule has 39 heavy (non-hydrogen) atoms. The van der Waals surface area contributed by atoms with Crippen molar-refractivity contribution in [1.29, 1.82) is 0 Å². The summed E-state index contributed by atoms with van der Waals surface area (Å²) in [5, 5.41) is 15.4. The van der Waals surface area contributed by atoms with Crippen molar-refractivity contribution < 1.29 is 19.5 Å². The highest BCUT2D eigenvalue weighted by Crippen LogP contribution is 2.13. The van der Waals surface area contributed by atoms with Crippen molar-refractivity contribution >= 4 is 23.7 Å². The second kappa shape index (κ2) is 17.6. The Morgan fingerprint density at radius 2 is 1.77 bits per heavy atom. The van der Waals surface area contributed by atoms with Gasteiger partial charge in [-0.3, -0.25) is 19.4 Å². The number of carbonyl (C=O) groups is 3. The minimum absolute atomic E-state index is 0.00485. The van der Waals surface area contributed by atoms with Crippen molar-refractivity contribution in [2.45, 2.75) is 76.8 Å². The number of aromatic hydroxyl groups is 1. The van der Waals surface area contributed by atoms with Gasteiger partial charge in [-0.1, -0.05) is 44.1 Å². The number of phenols is 1.